The van der Waals surface area contributed by atoms with Crippen LogP contribution in [0.1, 0.15) is 5.56 Å². The number of rotatable bonds is 3. The smallest absolute Gasteiger partial charge is 0.126 e. The third kappa shape index (κ3) is 2.14. The van der Waals surface area contributed by atoms with E-state index in [1.54, 1.807) is 0 Å². The Hall–Kier alpha value is -1.75. The minimum atomic E-state index is 0.439. The number of nitriles is 1. The molecule has 1 rings (SSSR count). The molecular weight excluding hydrogens is 150 g/mol. The lowest BCUT2D eigenvalue weighted by molar-refractivity contribution is 0.483. The molecule has 0 N–H and O–H groups in total. The predicted octanol–water partition coefficient (Wildman–Crippen LogP) is 2.27. The van der Waals surface area contributed by atoms with Gasteiger partial charge in [-0.3, -0.25) is 0 Å². The number of ether oxygens (including phenoxy) is 1. The first kappa shape index (κ1) is 8.35. The SMILES string of the molecule is C=COc1ccc(CC#N)cc1. The number of benzene rings is 1. The Balaban J connectivity index is 2.72. The van der Waals surface area contributed by atoms with E-state index >= 15 is 0 Å². The number of nitrogens with zero attached hydrogens (tertiary/aromatic N) is 1. The van der Waals surface area contributed by atoms with Crippen molar-refractivity contribution in [2.45, 2.75) is 6.42 Å². The molecule has 0 unspecified atom stereocenters. The molecule has 0 spiro atoms. The Morgan fingerprint density at radius 1 is 1.42 bits per heavy atom. The highest BCUT2D eigenvalue weighted by Crippen LogP contribution is 2.12. The molecule has 1 aromatic rings. The summed E-state index contributed by atoms with van der Waals surface area (Å²) in [5.74, 6) is 0.742. The van der Waals surface area contributed by atoms with Gasteiger partial charge in [-0.1, -0.05) is 18.7 Å². The molecule has 2 nitrogen and oxygen atoms in total. The van der Waals surface area contributed by atoms with Gasteiger partial charge < -0.3 is 4.74 Å². The van der Waals surface area contributed by atoms with E-state index in [1.807, 2.05) is 24.3 Å². The second kappa shape index (κ2) is 4.20. The Morgan fingerprint density at radius 3 is 2.58 bits per heavy atom. The first-order valence-electron chi connectivity index (χ1n) is 3.60. The van der Waals surface area contributed by atoms with Gasteiger partial charge in [0, 0.05) is 0 Å². The second-order valence-corrected chi connectivity index (χ2v) is 2.26. The fourth-order valence-corrected chi connectivity index (χ4v) is 0.873. The van der Waals surface area contributed by atoms with E-state index in [-0.39, 0.29) is 0 Å². The largest absolute Gasteiger partial charge is 0.466 e. The maximum absolute atomic E-state index is 8.39. The molecule has 0 saturated carbocycles. The van der Waals surface area contributed by atoms with Gasteiger partial charge >= 0.3 is 0 Å². The maximum Gasteiger partial charge on any atom is 0.126 e. The third-order valence-electron chi connectivity index (χ3n) is 1.43. The molecule has 0 aromatic heterocycles. The lowest BCUT2D eigenvalue weighted by Crippen LogP contribution is -1.83. The number of hydrogen-bond acceptors (Lipinski definition) is 2. The molecule has 0 aliphatic rings. The van der Waals surface area contributed by atoms with Crippen LogP contribution in [0.4, 0.5) is 0 Å². The molecule has 0 aliphatic carbocycles. The predicted molar refractivity (Wildman–Crippen MR) is 46.6 cm³/mol. The first-order valence-corrected chi connectivity index (χ1v) is 3.60. The molecule has 0 aliphatic heterocycles. The quantitative estimate of drug-likeness (QED) is 0.634. The van der Waals surface area contributed by atoms with E-state index in [4.69, 9.17) is 10.00 Å². The van der Waals surface area contributed by atoms with Gasteiger partial charge in [0.15, 0.2) is 0 Å². The average Bonchev–Trinajstić information content (AvgIpc) is 2.09. The molecule has 0 bridgehead atoms. The van der Waals surface area contributed by atoms with Crippen molar-refractivity contribution < 1.29 is 4.74 Å². The summed E-state index contributed by atoms with van der Waals surface area (Å²) in [6, 6.07) is 9.43. The normalized spacial score (nSPS) is 8.58. The van der Waals surface area contributed by atoms with E-state index in [2.05, 4.69) is 12.6 Å². The van der Waals surface area contributed by atoms with Gasteiger partial charge in [-0.05, 0) is 17.7 Å². The molecule has 0 atom stereocenters. The summed E-state index contributed by atoms with van der Waals surface area (Å²) in [6.07, 6.45) is 1.81. The zero-order valence-electron chi connectivity index (χ0n) is 6.66. The monoisotopic (exact) mass is 159 g/mol. The van der Waals surface area contributed by atoms with Gasteiger partial charge in [0.25, 0.3) is 0 Å². The van der Waals surface area contributed by atoms with E-state index in [0.29, 0.717) is 6.42 Å². The topological polar surface area (TPSA) is 33.0 Å². The molecule has 60 valence electrons. The van der Waals surface area contributed by atoms with E-state index in [9.17, 15) is 0 Å². The van der Waals surface area contributed by atoms with Crippen LogP contribution >= 0.6 is 0 Å². The van der Waals surface area contributed by atoms with Crippen molar-refractivity contribution in [3.8, 4) is 11.8 Å². The molecule has 2 heteroatoms. The molecule has 0 heterocycles. The van der Waals surface area contributed by atoms with Crippen molar-refractivity contribution >= 4 is 0 Å². The van der Waals surface area contributed by atoms with Crippen molar-refractivity contribution in [1.82, 2.24) is 0 Å². The summed E-state index contributed by atoms with van der Waals surface area (Å²) in [7, 11) is 0. The van der Waals surface area contributed by atoms with E-state index in [0.717, 1.165) is 11.3 Å². The van der Waals surface area contributed by atoms with Gasteiger partial charge in [-0.25, -0.2) is 0 Å². The third-order valence-corrected chi connectivity index (χ3v) is 1.43. The first-order chi connectivity index (χ1) is 5.86. The molecule has 0 amide bonds. The van der Waals surface area contributed by atoms with Crippen LogP contribution in [0.5, 0.6) is 5.75 Å². The molecule has 0 radical (unpaired) electrons. The highest BCUT2D eigenvalue weighted by Gasteiger charge is 1.92. The summed E-state index contributed by atoms with van der Waals surface area (Å²) in [6.45, 7) is 3.44. The number of hydrogen-bond donors (Lipinski definition) is 0. The molecule has 1 aromatic carbocycles. The summed E-state index contributed by atoms with van der Waals surface area (Å²) < 4.78 is 5.02. The molecule has 12 heavy (non-hydrogen) atoms. The fraction of sp³-hybridized carbons (Fsp3) is 0.100. The van der Waals surface area contributed by atoms with Gasteiger partial charge in [0.2, 0.25) is 0 Å². The van der Waals surface area contributed by atoms with Crippen LogP contribution in [-0.2, 0) is 6.42 Å². The lowest BCUT2D eigenvalue weighted by Gasteiger charge is -1.99. The van der Waals surface area contributed by atoms with Crippen LogP contribution in [0.25, 0.3) is 0 Å². The van der Waals surface area contributed by atoms with Crippen LogP contribution < -0.4 is 4.74 Å². The Morgan fingerprint density at radius 2 is 2.08 bits per heavy atom. The van der Waals surface area contributed by atoms with Crippen molar-refractivity contribution in [2.24, 2.45) is 0 Å². The van der Waals surface area contributed by atoms with Crippen LogP contribution in [0.3, 0.4) is 0 Å². The average molecular weight is 159 g/mol. The van der Waals surface area contributed by atoms with Gasteiger partial charge in [0.1, 0.15) is 5.75 Å². The van der Waals surface area contributed by atoms with Gasteiger partial charge in [-0.2, -0.15) is 5.26 Å². The summed E-state index contributed by atoms with van der Waals surface area (Å²) in [5, 5.41) is 8.39. The van der Waals surface area contributed by atoms with Crippen molar-refractivity contribution in [2.75, 3.05) is 0 Å². The van der Waals surface area contributed by atoms with Crippen LogP contribution in [0, 0.1) is 11.3 Å². The van der Waals surface area contributed by atoms with E-state index in [1.165, 1.54) is 6.26 Å². The zero-order chi connectivity index (χ0) is 8.81. The minimum absolute atomic E-state index is 0.439. The fourth-order valence-electron chi connectivity index (χ4n) is 0.873. The van der Waals surface area contributed by atoms with Crippen molar-refractivity contribution in [3.05, 3.63) is 42.7 Å². The Bertz CT molecular complexity index is 295. The molecule has 0 fully saturated rings. The van der Waals surface area contributed by atoms with E-state index < -0.39 is 0 Å². The van der Waals surface area contributed by atoms with Crippen molar-refractivity contribution in [3.63, 3.8) is 0 Å². The molecular formula is C10H9NO. The van der Waals surface area contributed by atoms with Crippen LogP contribution in [0.2, 0.25) is 0 Å². The van der Waals surface area contributed by atoms with Gasteiger partial charge in [0.05, 0.1) is 18.8 Å². The minimum Gasteiger partial charge on any atom is -0.466 e. The Kier molecular flexibility index (Phi) is 2.92. The summed E-state index contributed by atoms with van der Waals surface area (Å²) in [4.78, 5) is 0. The highest BCUT2D eigenvalue weighted by molar-refractivity contribution is 5.29. The lowest BCUT2D eigenvalue weighted by atomic mass is 10.2. The Labute approximate surface area is 71.7 Å². The highest BCUT2D eigenvalue weighted by atomic mass is 16.5. The molecule has 0 saturated heterocycles. The second-order valence-electron chi connectivity index (χ2n) is 2.26. The summed E-state index contributed by atoms with van der Waals surface area (Å²) in [5.41, 5.74) is 0.994. The summed E-state index contributed by atoms with van der Waals surface area (Å²) >= 11 is 0. The van der Waals surface area contributed by atoms with Crippen molar-refractivity contribution in [1.29, 1.82) is 5.26 Å². The zero-order valence-corrected chi connectivity index (χ0v) is 6.66. The standard InChI is InChI=1S/C10H9NO/c1-2-12-10-5-3-9(4-6-10)7-8-11/h2-6H,1,7H2. The van der Waals surface area contributed by atoms with Crippen LogP contribution in [0.15, 0.2) is 37.1 Å². The van der Waals surface area contributed by atoms with Gasteiger partial charge in [-0.15, -0.1) is 0 Å². The maximum atomic E-state index is 8.39. The van der Waals surface area contributed by atoms with Crippen LogP contribution in [-0.4, -0.2) is 0 Å².